The molecule has 1 amide bonds. The van der Waals surface area contributed by atoms with Crippen molar-refractivity contribution < 1.29 is 4.79 Å². The number of anilines is 2. The van der Waals surface area contributed by atoms with Crippen molar-refractivity contribution in [1.29, 1.82) is 0 Å². The minimum atomic E-state index is -0.00325. The van der Waals surface area contributed by atoms with Gasteiger partial charge >= 0.3 is 0 Å². The maximum atomic E-state index is 11.6. The Morgan fingerprint density at radius 2 is 1.94 bits per heavy atom. The molecule has 16 heavy (non-hydrogen) atoms. The van der Waals surface area contributed by atoms with Crippen molar-refractivity contribution in [2.24, 2.45) is 0 Å². The van der Waals surface area contributed by atoms with Crippen molar-refractivity contribution in [1.82, 2.24) is 0 Å². The summed E-state index contributed by atoms with van der Waals surface area (Å²) in [5, 5.41) is 7.02. The molecule has 0 saturated heterocycles. The van der Waals surface area contributed by atoms with Gasteiger partial charge in [0.05, 0.1) is 21.4 Å². The third kappa shape index (κ3) is 2.25. The van der Waals surface area contributed by atoms with Gasteiger partial charge in [0.25, 0.3) is 0 Å². The van der Waals surface area contributed by atoms with E-state index in [-0.39, 0.29) is 11.9 Å². The summed E-state index contributed by atoms with van der Waals surface area (Å²) in [6.45, 7) is 2.04. The molecule has 1 unspecified atom stereocenters. The molecule has 2 rings (SSSR count). The second kappa shape index (κ2) is 4.52. The lowest BCUT2D eigenvalue weighted by atomic mass is 10.1. The van der Waals surface area contributed by atoms with Gasteiger partial charge in [-0.25, -0.2) is 0 Å². The maximum absolute atomic E-state index is 11.6. The van der Waals surface area contributed by atoms with Crippen LogP contribution in [0.4, 0.5) is 11.4 Å². The van der Waals surface area contributed by atoms with Crippen LogP contribution in [0, 0.1) is 0 Å². The first kappa shape index (κ1) is 11.6. The quantitative estimate of drug-likeness (QED) is 0.810. The number of amides is 1. The zero-order valence-corrected chi connectivity index (χ0v) is 10.3. The number of hydrogen-bond acceptors (Lipinski definition) is 2. The van der Waals surface area contributed by atoms with Gasteiger partial charge in [0, 0.05) is 12.5 Å². The fourth-order valence-corrected chi connectivity index (χ4v) is 2.04. The summed E-state index contributed by atoms with van der Waals surface area (Å²) in [6, 6.07) is 3.55. The molecule has 3 nitrogen and oxygen atoms in total. The number of fused-ring (bicyclic) bond motifs is 1. The highest BCUT2D eigenvalue weighted by atomic mass is 35.5. The third-order valence-corrected chi connectivity index (χ3v) is 3.34. The molecule has 86 valence electrons. The van der Waals surface area contributed by atoms with Crippen molar-refractivity contribution in [2.45, 2.75) is 25.8 Å². The topological polar surface area (TPSA) is 41.1 Å². The van der Waals surface area contributed by atoms with Crippen molar-refractivity contribution in [3.63, 3.8) is 0 Å². The van der Waals surface area contributed by atoms with E-state index in [0.717, 1.165) is 12.1 Å². The summed E-state index contributed by atoms with van der Waals surface area (Å²) in [4.78, 5) is 11.6. The SMILES string of the molecule is CCC1CC(=O)Nc2cc(Cl)c(Cl)cc2N1. The van der Waals surface area contributed by atoms with E-state index in [1.165, 1.54) is 0 Å². The average Bonchev–Trinajstić information content (AvgIpc) is 2.37. The number of carbonyl (C=O) groups is 1. The molecule has 0 spiro atoms. The summed E-state index contributed by atoms with van der Waals surface area (Å²) < 4.78 is 0. The molecule has 0 aliphatic carbocycles. The minimum Gasteiger partial charge on any atom is -0.380 e. The summed E-state index contributed by atoms with van der Waals surface area (Å²) in [6.07, 6.45) is 1.34. The van der Waals surface area contributed by atoms with Crippen LogP contribution in [-0.2, 0) is 4.79 Å². The van der Waals surface area contributed by atoms with Gasteiger partial charge in [0.2, 0.25) is 5.91 Å². The minimum absolute atomic E-state index is 0.00325. The molecule has 1 aliphatic heterocycles. The van der Waals surface area contributed by atoms with E-state index in [1.54, 1.807) is 12.1 Å². The molecule has 1 aromatic rings. The van der Waals surface area contributed by atoms with E-state index >= 15 is 0 Å². The number of hydrogen-bond donors (Lipinski definition) is 2. The van der Waals surface area contributed by atoms with E-state index in [4.69, 9.17) is 23.2 Å². The molecule has 0 aromatic heterocycles. The van der Waals surface area contributed by atoms with Gasteiger partial charge in [-0.1, -0.05) is 30.1 Å². The Morgan fingerprint density at radius 1 is 1.31 bits per heavy atom. The largest absolute Gasteiger partial charge is 0.380 e. The smallest absolute Gasteiger partial charge is 0.226 e. The molecule has 0 radical (unpaired) electrons. The van der Waals surface area contributed by atoms with E-state index in [2.05, 4.69) is 10.6 Å². The van der Waals surface area contributed by atoms with Gasteiger partial charge in [-0.2, -0.15) is 0 Å². The fourth-order valence-electron chi connectivity index (χ4n) is 1.71. The first-order valence-corrected chi connectivity index (χ1v) is 5.91. The first-order valence-electron chi connectivity index (χ1n) is 5.15. The Morgan fingerprint density at radius 3 is 2.56 bits per heavy atom. The number of benzene rings is 1. The van der Waals surface area contributed by atoms with E-state index < -0.39 is 0 Å². The highest BCUT2D eigenvalue weighted by molar-refractivity contribution is 6.42. The van der Waals surface area contributed by atoms with Crippen LogP contribution in [0.25, 0.3) is 0 Å². The molecule has 1 heterocycles. The number of carbonyl (C=O) groups excluding carboxylic acids is 1. The molecule has 1 aromatic carbocycles. The van der Waals surface area contributed by atoms with Crippen LogP contribution in [-0.4, -0.2) is 11.9 Å². The van der Waals surface area contributed by atoms with Crippen LogP contribution in [0.1, 0.15) is 19.8 Å². The summed E-state index contributed by atoms with van der Waals surface area (Å²) in [5.74, 6) is -0.00325. The van der Waals surface area contributed by atoms with Crippen molar-refractivity contribution >= 4 is 40.5 Å². The molecular formula is C11H12Cl2N2O. The Balaban J connectivity index is 2.42. The van der Waals surface area contributed by atoms with Crippen LogP contribution in [0.15, 0.2) is 12.1 Å². The Kier molecular flexibility index (Phi) is 3.26. The van der Waals surface area contributed by atoms with Crippen LogP contribution in [0.3, 0.4) is 0 Å². The van der Waals surface area contributed by atoms with Crippen molar-refractivity contribution in [2.75, 3.05) is 10.6 Å². The predicted octanol–water partition coefficient (Wildman–Crippen LogP) is 3.53. The number of nitrogens with one attached hydrogen (secondary N) is 2. The molecule has 0 saturated carbocycles. The lowest BCUT2D eigenvalue weighted by Gasteiger charge is -2.14. The fraction of sp³-hybridized carbons (Fsp3) is 0.364. The van der Waals surface area contributed by atoms with Crippen LogP contribution < -0.4 is 10.6 Å². The highest BCUT2D eigenvalue weighted by Crippen LogP contribution is 2.34. The molecule has 0 bridgehead atoms. The van der Waals surface area contributed by atoms with E-state index in [0.29, 0.717) is 22.2 Å². The van der Waals surface area contributed by atoms with Crippen molar-refractivity contribution in [3.8, 4) is 0 Å². The molecule has 1 atom stereocenters. The van der Waals surface area contributed by atoms with Gasteiger partial charge in [0.1, 0.15) is 0 Å². The molecular weight excluding hydrogens is 247 g/mol. The van der Waals surface area contributed by atoms with Crippen molar-refractivity contribution in [3.05, 3.63) is 22.2 Å². The first-order chi connectivity index (χ1) is 7.60. The average molecular weight is 259 g/mol. The van der Waals surface area contributed by atoms with Gasteiger partial charge in [0.15, 0.2) is 0 Å². The normalized spacial score (nSPS) is 19.4. The zero-order chi connectivity index (χ0) is 11.7. The number of rotatable bonds is 1. The van der Waals surface area contributed by atoms with E-state index in [1.807, 2.05) is 6.92 Å². The second-order valence-electron chi connectivity index (χ2n) is 3.81. The van der Waals surface area contributed by atoms with Crippen LogP contribution in [0.5, 0.6) is 0 Å². The summed E-state index contributed by atoms with van der Waals surface area (Å²) in [7, 11) is 0. The van der Waals surface area contributed by atoms with Crippen LogP contribution in [0.2, 0.25) is 10.0 Å². The monoisotopic (exact) mass is 258 g/mol. The second-order valence-corrected chi connectivity index (χ2v) is 4.63. The standard InChI is InChI=1S/C11H12Cl2N2O/c1-2-6-3-11(16)15-10-5-8(13)7(12)4-9(10)14-6/h4-6,14H,2-3H2,1H3,(H,15,16). The molecule has 1 aliphatic rings. The molecule has 2 N–H and O–H groups in total. The molecule has 0 fully saturated rings. The van der Waals surface area contributed by atoms with Crippen LogP contribution >= 0.6 is 23.2 Å². The summed E-state index contributed by atoms with van der Waals surface area (Å²) in [5.41, 5.74) is 1.52. The lowest BCUT2D eigenvalue weighted by Crippen LogP contribution is -2.21. The Labute approximate surface area is 104 Å². The van der Waals surface area contributed by atoms with Gasteiger partial charge in [-0.15, -0.1) is 0 Å². The van der Waals surface area contributed by atoms with Gasteiger partial charge in [-0.3, -0.25) is 4.79 Å². The zero-order valence-electron chi connectivity index (χ0n) is 8.81. The highest BCUT2D eigenvalue weighted by Gasteiger charge is 2.20. The Hall–Kier alpha value is -0.930. The summed E-state index contributed by atoms with van der Waals surface area (Å²) >= 11 is 11.8. The van der Waals surface area contributed by atoms with Gasteiger partial charge < -0.3 is 10.6 Å². The lowest BCUT2D eigenvalue weighted by molar-refractivity contribution is -0.116. The number of halogens is 2. The third-order valence-electron chi connectivity index (χ3n) is 2.62. The maximum Gasteiger partial charge on any atom is 0.226 e. The van der Waals surface area contributed by atoms with Gasteiger partial charge in [-0.05, 0) is 18.6 Å². The Bertz CT molecular complexity index is 434. The van der Waals surface area contributed by atoms with E-state index in [9.17, 15) is 4.79 Å². The predicted molar refractivity (Wildman–Crippen MR) is 67.4 cm³/mol. The molecule has 5 heteroatoms.